The van der Waals surface area contributed by atoms with Crippen LogP contribution in [0.2, 0.25) is 10.0 Å². The highest BCUT2D eigenvalue weighted by atomic mass is 35.5. The highest BCUT2D eigenvalue weighted by molar-refractivity contribution is 7.99. The van der Waals surface area contributed by atoms with E-state index in [1.54, 1.807) is 35.6 Å². The van der Waals surface area contributed by atoms with Crippen molar-refractivity contribution in [3.05, 3.63) is 96.9 Å². The third-order valence-electron chi connectivity index (χ3n) is 4.21. The summed E-state index contributed by atoms with van der Waals surface area (Å²) < 4.78 is 1.43. The normalized spacial score (nSPS) is 11.8. The quantitative estimate of drug-likeness (QED) is 0.326. The van der Waals surface area contributed by atoms with Crippen LogP contribution in [-0.2, 0) is 0 Å². The number of rotatable bonds is 5. The Kier molecular flexibility index (Phi) is 6.77. The summed E-state index contributed by atoms with van der Waals surface area (Å²) in [5.74, 6) is -0.191. The Hall–Kier alpha value is -2.16. The van der Waals surface area contributed by atoms with Crippen molar-refractivity contribution in [1.29, 1.82) is 0 Å². The molecule has 4 aromatic rings. The molecular formula is C20H17Cl2N3O2S2. The number of aromatic nitrogens is 2. The molecule has 0 fully saturated rings. The zero-order chi connectivity index (χ0) is 19.7. The molecule has 0 amide bonds. The first-order chi connectivity index (χ1) is 13.5. The second-order valence-corrected chi connectivity index (χ2v) is 8.68. The molecule has 1 atom stereocenters. The van der Waals surface area contributed by atoms with Crippen LogP contribution in [0, 0.1) is 0 Å². The van der Waals surface area contributed by atoms with Crippen molar-refractivity contribution in [3.8, 4) is 5.88 Å². The van der Waals surface area contributed by atoms with E-state index in [-0.39, 0.29) is 22.5 Å². The summed E-state index contributed by atoms with van der Waals surface area (Å²) in [6, 6.07) is 16.0. The molecule has 5 N–H and O–H groups in total. The number of aromatic hydroxyl groups is 1. The molecule has 2 aromatic heterocycles. The first-order valence-electron chi connectivity index (χ1n) is 8.28. The van der Waals surface area contributed by atoms with Crippen LogP contribution in [0.15, 0.2) is 79.9 Å². The topological polar surface area (TPSA) is 93.0 Å². The van der Waals surface area contributed by atoms with E-state index in [0.717, 1.165) is 22.9 Å². The third kappa shape index (κ3) is 4.39. The molecule has 0 bridgehead atoms. The lowest BCUT2D eigenvalue weighted by atomic mass is 10.0. The van der Waals surface area contributed by atoms with Gasteiger partial charge >= 0.3 is 0 Å². The van der Waals surface area contributed by atoms with Gasteiger partial charge in [0.2, 0.25) is 5.88 Å². The minimum absolute atomic E-state index is 0. The van der Waals surface area contributed by atoms with E-state index < -0.39 is 6.04 Å². The van der Waals surface area contributed by atoms with Gasteiger partial charge in [-0.05, 0) is 52.2 Å². The number of nitrogens with one attached hydrogen (secondary N) is 1. The average Bonchev–Trinajstić information content (AvgIpc) is 3.30. The number of H-pyrrole nitrogens is 1. The number of halogens is 2. The minimum atomic E-state index is -0.414. The Bertz CT molecular complexity index is 1160. The number of hydrogen-bond acceptors (Lipinski definition) is 5. The Balaban J connectivity index is 0.00000240. The van der Waals surface area contributed by atoms with E-state index in [9.17, 15) is 9.90 Å². The summed E-state index contributed by atoms with van der Waals surface area (Å²) in [6.45, 7) is 0. The van der Waals surface area contributed by atoms with E-state index >= 15 is 0 Å². The van der Waals surface area contributed by atoms with Crippen LogP contribution < -0.4 is 11.7 Å². The molecule has 0 radical (unpaired) electrons. The smallest absolute Gasteiger partial charge is 0.285 e. The lowest BCUT2D eigenvalue weighted by molar-refractivity contribution is 0.426. The van der Waals surface area contributed by atoms with Gasteiger partial charge in [-0.3, -0.25) is 9.89 Å². The molecule has 4 rings (SSSR count). The molecule has 0 aliphatic rings. The summed E-state index contributed by atoms with van der Waals surface area (Å²) in [7, 11) is 0. The van der Waals surface area contributed by atoms with E-state index in [1.165, 1.54) is 4.68 Å². The summed E-state index contributed by atoms with van der Waals surface area (Å²) in [6.07, 6.45) is 0. The maximum Gasteiger partial charge on any atom is 0.285 e. The number of hydrogen-bond donors (Lipinski definition) is 3. The van der Waals surface area contributed by atoms with Crippen LogP contribution in [-0.4, -0.2) is 14.9 Å². The van der Waals surface area contributed by atoms with Gasteiger partial charge < -0.3 is 11.3 Å². The van der Waals surface area contributed by atoms with Crippen LogP contribution in [0.1, 0.15) is 17.2 Å². The fraction of sp³-hybridized carbons (Fsp3) is 0.0500. The van der Waals surface area contributed by atoms with Crippen molar-refractivity contribution in [2.45, 2.75) is 15.8 Å². The summed E-state index contributed by atoms with van der Waals surface area (Å²) in [4.78, 5) is 14.1. The molecule has 2 aromatic carbocycles. The first-order valence-corrected chi connectivity index (χ1v) is 10.8. The molecule has 0 saturated carbocycles. The van der Waals surface area contributed by atoms with Gasteiger partial charge in [0, 0.05) is 9.92 Å². The summed E-state index contributed by atoms with van der Waals surface area (Å²) >= 11 is 14.9. The van der Waals surface area contributed by atoms with Gasteiger partial charge in [0.05, 0.1) is 5.02 Å². The molecule has 9 heteroatoms. The SMILES string of the molecule is N.O=c1c(Sc2ccccc2Cl)c(O)[nH]n1C(c1ccc(Cl)cc1)c1ccsc1. The zero-order valence-electron chi connectivity index (χ0n) is 15.0. The fourth-order valence-electron chi connectivity index (χ4n) is 2.90. The van der Waals surface area contributed by atoms with E-state index in [2.05, 4.69) is 5.10 Å². The van der Waals surface area contributed by atoms with Gasteiger partial charge in [0.1, 0.15) is 10.9 Å². The van der Waals surface area contributed by atoms with Gasteiger partial charge in [-0.1, -0.05) is 59.2 Å². The molecule has 1 unspecified atom stereocenters. The number of aromatic amines is 1. The minimum Gasteiger partial charge on any atom is -0.493 e. The predicted octanol–water partition coefficient (Wildman–Crippen LogP) is 6.20. The molecule has 0 saturated heterocycles. The van der Waals surface area contributed by atoms with Crippen molar-refractivity contribution in [1.82, 2.24) is 15.9 Å². The van der Waals surface area contributed by atoms with Gasteiger partial charge in [0.15, 0.2) is 0 Å². The monoisotopic (exact) mass is 465 g/mol. The maximum absolute atomic E-state index is 13.2. The number of benzene rings is 2. The Morgan fingerprint density at radius 1 is 1.03 bits per heavy atom. The molecular weight excluding hydrogens is 449 g/mol. The summed E-state index contributed by atoms with van der Waals surface area (Å²) in [5, 5.41) is 18.3. The van der Waals surface area contributed by atoms with Crippen LogP contribution in [0.4, 0.5) is 0 Å². The molecule has 5 nitrogen and oxygen atoms in total. The third-order valence-corrected chi connectivity index (χ3v) is 6.75. The highest BCUT2D eigenvalue weighted by Crippen LogP contribution is 2.36. The van der Waals surface area contributed by atoms with E-state index in [0.29, 0.717) is 14.9 Å². The maximum atomic E-state index is 13.2. The van der Waals surface area contributed by atoms with Crippen LogP contribution >= 0.6 is 46.3 Å². The Morgan fingerprint density at radius 3 is 2.41 bits per heavy atom. The van der Waals surface area contributed by atoms with Gasteiger partial charge in [0.25, 0.3) is 5.56 Å². The second kappa shape index (κ2) is 9.11. The molecule has 29 heavy (non-hydrogen) atoms. The van der Waals surface area contributed by atoms with Crippen molar-refractivity contribution in [2.24, 2.45) is 0 Å². The Labute approximate surface area is 185 Å². The molecule has 0 aliphatic heterocycles. The number of nitrogens with zero attached hydrogens (tertiary/aromatic N) is 1. The predicted molar refractivity (Wildman–Crippen MR) is 120 cm³/mol. The van der Waals surface area contributed by atoms with Crippen LogP contribution in [0.5, 0.6) is 5.88 Å². The van der Waals surface area contributed by atoms with Crippen LogP contribution in [0.3, 0.4) is 0 Å². The summed E-state index contributed by atoms with van der Waals surface area (Å²) in [5.41, 5.74) is 1.49. The first kappa shape index (κ1) is 21.5. The Morgan fingerprint density at radius 2 is 1.76 bits per heavy atom. The van der Waals surface area contributed by atoms with Gasteiger partial charge in [-0.25, -0.2) is 4.68 Å². The van der Waals surface area contributed by atoms with E-state index in [1.807, 2.05) is 41.1 Å². The average molecular weight is 466 g/mol. The zero-order valence-corrected chi connectivity index (χ0v) is 18.2. The number of thiophene rings is 1. The molecule has 0 spiro atoms. The van der Waals surface area contributed by atoms with E-state index in [4.69, 9.17) is 23.2 Å². The fourth-order valence-corrected chi connectivity index (χ4v) is 4.82. The van der Waals surface area contributed by atoms with Gasteiger partial charge in [-0.15, -0.1) is 0 Å². The van der Waals surface area contributed by atoms with Crippen molar-refractivity contribution in [2.75, 3.05) is 0 Å². The van der Waals surface area contributed by atoms with Crippen LogP contribution in [0.25, 0.3) is 0 Å². The largest absolute Gasteiger partial charge is 0.493 e. The molecule has 2 heterocycles. The molecule has 150 valence electrons. The highest BCUT2D eigenvalue weighted by Gasteiger charge is 2.24. The molecule has 0 aliphatic carbocycles. The second-order valence-electron chi connectivity index (χ2n) is 6.01. The lowest BCUT2D eigenvalue weighted by Crippen LogP contribution is -2.24. The van der Waals surface area contributed by atoms with Crippen molar-refractivity contribution < 1.29 is 5.11 Å². The lowest BCUT2D eigenvalue weighted by Gasteiger charge is -2.17. The van der Waals surface area contributed by atoms with Crippen molar-refractivity contribution in [3.63, 3.8) is 0 Å². The standard InChI is InChI=1S/C20H14Cl2N2O2S2.H3N/c21-14-7-5-12(6-8-14)17(13-9-10-27-11-13)24-20(26)18(19(25)23-24)28-16-4-2-1-3-15(16)22;/h1-11,17,23,25H;1H3. The van der Waals surface area contributed by atoms with Crippen molar-refractivity contribution >= 4 is 46.3 Å². The van der Waals surface area contributed by atoms with Gasteiger partial charge in [-0.2, -0.15) is 11.3 Å².